The SMILES string of the molecule is COC(=O)C1(Cc2ccc(C(F)(F)F)cc2)CCC(=O)CC1. The van der Waals surface area contributed by atoms with Gasteiger partial charge in [0.15, 0.2) is 0 Å². The molecule has 0 aromatic heterocycles. The molecule has 0 aliphatic heterocycles. The van der Waals surface area contributed by atoms with Gasteiger partial charge in [0.25, 0.3) is 0 Å². The van der Waals surface area contributed by atoms with E-state index in [1.807, 2.05) is 0 Å². The number of rotatable bonds is 3. The Bertz CT molecular complexity index is 551. The van der Waals surface area contributed by atoms with Crippen molar-refractivity contribution < 1.29 is 27.5 Å². The third-order valence-corrected chi connectivity index (χ3v) is 4.21. The van der Waals surface area contributed by atoms with Crippen molar-refractivity contribution in [3.63, 3.8) is 0 Å². The molecular formula is C16H17F3O3. The highest BCUT2D eigenvalue weighted by molar-refractivity contribution is 5.84. The first-order valence-electron chi connectivity index (χ1n) is 7.03. The van der Waals surface area contributed by atoms with Crippen LogP contribution in [-0.2, 0) is 26.9 Å². The summed E-state index contributed by atoms with van der Waals surface area (Å²) < 4.78 is 42.6. The lowest BCUT2D eigenvalue weighted by Crippen LogP contribution is -2.38. The van der Waals surface area contributed by atoms with Gasteiger partial charge >= 0.3 is 12.1 Å². The van der Waals surface area contributed by atoms with Crippen LogP contribution in [0.2, 0.25) is 0 Å². The third-order valence-electron chi connectivity index (χ3n) is 4.21. The molecule has 0 amide bonds. The highest BCUT2D eigenvalue weighted by Gasteiger charge is 2.42. The second kappa shape index (κ2) is 6.10. The van der Waals surface area contributed by atoms with Crippen LogP contribution in [0.15, 0.2) is 24.3 Å². The number of carbonyl (C=O) groups excluding carboxylic acids is 2. The lowest BCUT2D eigenvalue weighted by atomic mass is 9.70. The van der Waals surface area contributed by atoms with Crippen LogP contribution >= 0.6 is 0 Å². The molecule has 2 rings (SSSR count). The fourth-order valence-electron chi connectivity index (χ4n) is 2.88. The van der Waals surface area contributed by atoms with Gasteiger partial charge < -0.3 is 4.74 Å². The molecule has 3 nitrogen and oxygen atoms in total. The molecule has 0 unspecified atom stereocenters. The Labute approximate surface area is 126 Å². The highest BCUT2D eigenvalue weighted by atomic mass is 19.4. The molecule has 22 heavy (non-hydrogen) atoms. The van der Waals surface area contributed by atoms with Crippen LogP contribution in [0, 0.1) is 5.41 Å². The number of ketones is 1. The van der Waals surface area contributed by atoms with Crippen molar-refractivity contribution in [2.45, 2.75) is 38.3 Å². The number of methoxy groups -OCH3 is 1. The van der Waals surface area contributed by atoms with Crippen molar-refractivity contribution in [1.82, 2.24) is 0 Å². The topological polar surface area (TPSA) is 43.4 Å². The lowest BCUT2D eigenvalue weighted by Gasteiger charge is -2.34. The Hall–Kier alpha value is -1.85. The van der Waals surface area contributed by atoms with Crippen molar-refractivity contribution in [3.8, 4) is 0 Å². The van der Waals surface area contributed by atoms with Crippen LogP contribution in [0.4, 0.5) is 13.2 Å². The smallest absolute Gasteiger partial charge is 0.416 e. The summed E-state index contributed by atoms with van der Waals surface area (Å²) in [6.07, 6.45) is -2.74. The molecule has 1 aliphatic carbocycles. The van der Waals surface area contributed by atoms with Crippen LogP contribution in [0.3, 0.4) is 0 Å². The normalized spacial score (nSPS) is 18.1. The van der Waals surface area contributed by atoms with Gasteiger partial charge in [-0.3, -0.25) is 9.59 Å². The molecule has 0 radical (unpaired) electrons. The second-order valence-electron chi connectivity index (χ2n) is 5.68. The molecule has 1 aliphatic rings. The van der Waals surface area contributed by atoms with E-state index in [-0.39, 0.29) is 12.2 Å². The van der Waals surface area contributed by atoms with E-state index in [0.717, 1.165) is 12.1 Å². The predicted octanol–water partition coefficient (Wildman–Crippen LogP) is 3.55. The minimum atomic E-state index is -4.38. The standard InChI is InChI=1S/C16H17F3O3/c1-22-14(21)15(8-6-13(20)7-9-15)10-11-2-4-12(5-3-11)16(17,18)19/h2-5H,6-10H2,1H3. The van der Waals surface area contributed by atoms with Gasteiger partial charge in [0.2, 0.25) is 0 Å². The van der Waals surface area contributed by atoms with Crippen molar-refractivity contribution in [3.05, 3.63) is 35.4 Å². The first-order chi connectivity index (χ1) is 10.3. The summed E-state index contributed by atoms with van der Waals surface area (Å²) in [5.74, 6) is -0.299. The molecule has 1 aromatic carbocycles. The van der Waals surface area contributed by atoms with Gasteiger partial charge in [0.05, 0.1) is 18.1 Å². The molecule has 0 bridgehead atoms. The summed E-state index contributed by atoms with van der Waals surface area (Å²) in [5.41, 5.74) is -0.905. The van der Waals surface area contributed by atoms with Gasteiger partial charge in [-0.05, 0) is 37.0 Å². The molecule has 1 saturated carbocycles. The van der Waals surface area contributed by atoms with Gasteiger partial charge in [0.1, 0.15) is 5.78 Å². The summed E-state index contributed by atoms with van der Waals surface area (Å²) in [7, 11) is 1.28. The zero-order valence-corrected chi connectivity index (χ0v) is 12.2. The van der Waals surface area contributed by atoms with Crippen molar-refractivity contribution in [2.24, 2.45) is 5.41 Å². The number of Topliss-reactive ketones (excluding diaryl/α,β-unsaturated/α-hetero) is 1. The maximum absolute atomic E-state index is 12.6. The minimum absolute atomic E-state index is 0.104. The molecule has 1 fully saturated rings. The Balaban J connectivity index is 2.21. The fraction of sp³-hybridized carbons (Fsp3) is 0.500. The van der Waals surface area contributed by atoms with Crippen LogP contribution in [0.1, 0.15) is 36.8 Å². The molecular weight excluding hydrogens is 297 g/mol. The third kappa shape index (κ3) is 3.48. The van der Waals surface area contributed by atoms with E-state index in [2.05, 4.69) is 0 Å². The number of hydrogen-bond donors (Lipinski definition) is 0. The Kier molecular flexibility index (Phi) is 4.58. The van der Waals surface area contributed by atoms with Crippen molar-refractivity contribution in [1.29, 1.82) is 0 Å². The van der Waals surface area contributed by atoms with Crippen LogP contribution in [0.25, 0.3) is 0 Å². The highest BCUT2D eigenvalue weighted by Crippen LogP contribution is 2.39. The monoisotopic (exact) mass is 314 g/mol. The molecule has 0 N–H and O–H groups in total. The summed E-state index contributed by atoms with van der Waals surface area (Å²) in [4.78, 5) is 23.5. The number of hydrogen-bond acceptors (Lipinski definition) is 3. The molecule has 0 saturated heterocycles. The number of alkyl halides is 3. The Morgan fingerprint density at radius 1 is 1.18 bits per heavy atom. The largest absolute Gasteiger partial charge is 0.469 e. The average Bonchev–Trinajstić information content (AvgIpc) is 2.48. The lowest BCUT2D eigenvalue weighted by molar-refractivity contribution is -0.155. The molecule has 0 spiro atoms. The first-order valence-corrected chi connectivity index (χ1v) is 7.03. The molecule has 0 atom stereocenters. The number of carbonyl (C=O) groups is 2. The zero-order chi connectivity index (χ0) is 16.4. The van der Waals surface area contributed by atoms with Crippen LogP contribution in [-0.4, -0.2) is 18.9 Å². The number of halogens is 3. The summed E-state index contributed by atoms with van der Waals surface area (Å²) >= 11 is 0. The molecule has 1 aromatic rings. The van der Waals surface area contributed by atoms with Gasteiger partial charge in [-0.1, -0.05) is 12.1 Å². The van der Waals surface area contributed by atoms with E-state index in [4.69, 9.17) is 4.74 Å². The quantitative estimate of drug-likeness (QED) is 0.801. The molecule has 0 heterocycles. The van der Waals surface area contributed by atoms with Crippen LogP contribution in [0.5, 0.6) is 0 Å². The van der Waals surface area contributed by atoms with E-state index in [9.17, 15) is 22.8 Å². The van der Waals surface area contributed by atoms with Gasteiger partial charge in [-0.15, -0.1) is 0 Å². The zero-order valence-electron chi connectivity index (χ0n) is 12.2. The molecule has 120 valence electrons. The van der Waals surface area contributed by atoms with Gasteiger partial charge in [-0.25, -0.2) is 0 Å². The van der Waals surface area contributed by atoms with Crippen molar-refractivity contribution >= 4 is 11.8 Å². The van der Waals surface area contributed by atoms with Gasteiger partial charge in [0, 0.05) is 12.8 Å². The Morgan fingerprint density at radius 3 is 2.18 bits per heavy atom. The van der Waals surface area contributed by atoms with E-state index >= 15 is 0 Å². The summed E-state index contributed by atoms with van der Waals surface area (Å²) in [5, 5.41) is 0. The second-order valence-corrected chi connectivity index (χ2v) is 5.68. The van der Waals surface area contributed by atoms with E-state index in [1.54, 1.807) is 0 Å². The van der Waals surface area contributed by atoms with Gasteiger partial charge in [-0.2, -0.15) is 13.2 Å². The first kappa shape index (κ1) is 16.5. The predicted molar refractivity (Wildman–Crippen MR) is 73.1 cm³/mol. The minimum Gasteiger partial charge on any atom is -0.469 e. The summed E-state index contributed by atoms with van der Waals surface area (Å²) in [6, 6.07) is 4.77. The maximum Gasteiger partial charge on any atom is 0.416 e. The fourth-order valence-corrected chi connectivity index (χ4v) is 2.88. The molecule has 6 heteroatoms. The average molecular weight is 314 g/mol. The number of ether oxygens (including phenoxy) is 1. The number of benzene rings is 1. The van der Waals surface area contributed by atoms with E-state index in [0.29, 0.717) is 31.2 Å². The van der Waals surface area contributed by atoms with E-state index < -0.39 is 23.1 Å². The van der Waals surface area contributed by atoms with Crippen LogP contribution < -0.4 is 0 Å². The Morgan fingerprint density at radius 2 is 1.73 bits per heavy atom. The van der Waals surface area contributed by atoms with E-state index in [1.165, 1.54) is 19.2 Å². The maximum atomic E-state index is 12.6. The summed E-state index contributed by atoms with van der Waals surface area (Å²) in [6.45, 7) is 0. The number of esters is 1. The van der Waals surface area contributed by atoms with Crippen molar-refractivity contribution in [2.75, 3.05) is 7.11 Å².